The standard InChI is InChI=1S/C26H30BrFN4O3S/c27-17-10-20-24(29-11-17)35-8-7-32(20)12-18-5-6-21(36-18)23(34)30-19(9-16-3-1-2-4-16)22(33)31-26-13-25(28,14-26)15-26/h5-6,10-11,16,19H,1-4,7-9,12-15H2,(H,30,34)(H,31,33). The molecule has 2 N–H and O–H groups in total. The van der Waals surface area contributed by atoms with Gasteiger partial charge in [0.1, 0.15) is 24.0 Å². The fourth-order valence-electron chi connectivity index (χ4n) is 6.25. The molecule has 4 saturated carbocycles. The van der Waals surface area contributed by atoms with Gasteiger partial charge in [-0.15, -0.1) is 11.3 Å². The first-order valence-electron chi connectivity index (χ1n) is 12.7. The number of fused-ring (bicyclic) bond motifs is 1. The number of anilines is 1. The van der Waals surface area contributed by atoms with Crippen molar-refractivity contribution in [3.63, 3.8) is 0 Å². The molecule has 4 aliphatic carbocycles. The second-order valence-electron chi connectivity index (χ2n) is 10.9. The molecule has 2 bridgehead atoms. The van der Waals surface area contributed by atoms with Crippen molar-refractivity contribution >= 4 is 44.8 Å². The van der Waals surface area contributed by atoms with Crippen LogP contribution in [0.2, 0.25) is 0 Å². The molecule has 1 atom stereocenters. The number of nitrogens with one attached hydrogen (secondary N) is 2. The van der Waals surface area contributed by atoms with Gasteiger partial charge in [-0.3, -0.25) is 9.59 Å². The number of hydrogen-bond donors (Lipinski definition) is 2. The van der Waals surface area contributed by atoms with Gasteiger partial charge in [0.2, 0.25) is 11.8 Å². The molecule has 192 valence electrons. The Hall–Kier alpha value is -2.20. The zero-order valence-electron chi connectivity index (χ0n) is 20.0. The summed E-state index contributed by atoms with van der Waals surface area (Å²) in [6, 6.07) is 5.19. The summed E-state index contributed by atoms with van der Waals surface area (Å²) in [6.07, 6.45) is 8.10. The average Bonchev–Trinajstić information content (AvgIpc) is 3.49. The molecule has 5 aliphatic rings. The van der Waals surface area contributed by atoms with Gasteiger partial charge in [0.05, 0.1) is 18.0 Å². The Bertz CT molecular complexity index is 1160. The van der Waals surface area contributed by atoms with Crippen molar-refractivity contribution in [1.29, 1.82) is 0 Å². The molecule has 3 heterocycles. The van der Waals surface area contributed by atoms with E-state index in [2.05, 4.69) is 36.4 Å². The molecule has 2 amide bonds. The summed E-state index contributed by atoms with van der Waals surface area (Å²) in [6.45, 7) is 1.94. The third-order valence-electron chi connectivity index (χ3n) is 7.99. The number of hydrogen-bond acceptors (Lipinski definition) is 6. The van der Waals surface area contributed by atoms with Crippen molar-refractivity contribution in [3.05, 3.63) is 38.6 Å². The van der Waals surface area contributed by atoms with Gasteiger partial charge in [0.25, 0.3) is 5.91 Å². The number of halogens is 2. The van der Waals surface area contributed by atoms with Crippen molar-refractivity contribution in [1.82, 2.24) is 15.6 Å². The lowest BCUT2D eigenvalue weighted by Gasteiger charge is -2.65. The van der Waals surface area contributed by atoms with Crippen LogP contribution in [-0.4, -0.2) is 47.2 Å². The maximum absolute atomic E-state index is 14.0. The zero-order valence-corrected chi connectivity index (χ0v) is 22.4. The number of amides is 2. The summed E-state index contributed by atoms with van der Waals surface area (Å²) in [5.74, 6) is 0.657. The average molecular weight is 578 g/mol. The number of rotatable bonds is 8. The highest BCUT2D eigenvalue weighted by Gasteiger charge is 2.70. The SMILES string of the molecule is O=C(NC(CC1CCCC1)C(=O)NC12CC(F)(C1)C2)c1ccc(CN2CCOc3ncc(Br)cc32)s1. The topological polar surface area (TPSA) is 83.6 Å². The van der Waals surface area contributed by atoms with E-state index in [-0.39, 0.29) is 17.4 Å². The molecule has 2 aromatic rings. The first-order chi connectivity index (χ1) is 17.3. The Labute approximate surface area is 222 Å². The van der Waals surface area contributed by atoms with Crippen LogP contribution in [0.5, 0.6) is 5.88 Å². The molecule has 10 heteroatoms. The predicted octanol–water partition coefficient (Wildman–Crippen LogP) is 4.74. The quantitative estimate of drug-likeness (QED) is 0.474. The summed E-state index contributed by atoms with van der Waals surface area (Å²) in [7, 11) is 0. The Morgan fingerprint density at radius 3 is 2.81 bits per heavy atom. The van der Waals surface area contributed by atoms with Crippen LogP contribution in [0.15, 0.2) is 28.9 Å². The van der Waals surface area contributed by atoms with Crippen molar-refractivity contribution < 1.29 is 18.7 Å². The molecule has 0 radical (unpaired) electrons. The van der Waals surface area contributed by atoms with Crippen LogP contribution in [0.25, 0.3) is 0 Å². The van der Waals surface area contributed by atoms with E-state index in [4.69, 9.17) is 4.74 Å². The number of thiophene rings is 1. The molecular weight excluding hydrogens is 547 g/mol. The fraction of sp³-hybridized carbons (Fsp3) is 0.577. The number of carbonyl (C=O) groups excluding carboxylic acids is 2. The van der Waals surface area contributed by atoms with Gasteiger partial charge >= 0.3 is 0 Å². The zero-order chi connectivity index (χ0) is 24.9. The molecule has 7 rings (SSSR count). The van der Waals surface area contributed by atoms with Crippen LogP contribution in [0, 0.1) is 5.92 Å². The predicted molar refractivity (Wildman–Crippen MR) is 139 cm³/mol. The fourth-order valence-corrected chi connectivity index (χ4v) is 7.50. The highest BCUT2D eigenvalue weighted by atomic mass is 79.9. The van der Waals surface area contributed by atoms with Crippen LogP contribution in [0.4, 0.5) is 10.1 Å². The van der Waals surface area contributed by atoms with Gasteiger partial charge in [-0.05, 0) is 46.5 Å². The summed E-state index contributed by atoms with van der Waals surface area (Å²) in [5.41, 5.74) is -0.538. The normalized spacial score (nSPS) is 27.3. The van der Waals surface area contributed by atoms with E-state index in [1.54, 1.807) is 6.20 Å². The minimum atomic E-state index is -1.07. The monoisotopic (exact) mass is 576 g/mol. The Morgan fingerprint density at radius 1 is 1.28 bits per heavy atom. The molecule has 2 aromatic heterocycles. The number of nitrogens with zero attached hydrogens (tertiary/aromatic N) is 2. The summed E-state index contributed by atoms with van der Waals surface area (Å²) in [4.78, 5) is 34.6. The highest BCUT2D eigenvalue weighted by molar-refractivity contribution is 9.10. The number of alkyl halides is 1. The van der Waals surface area contributed by atoms with E-state index >= 15 is 0 Å². The molecule has 36 heavy (non-hydrogen) atoms. The Morgan fingerprint density at radius 2 is 2.06 bits per heavy atom. The van der Waals surface area contributed by atoms with E-state index in [0.29, 0.717) is 55.5 Å². The summed E-state index contributed by atoms with van der Waals surface area (Å²) < 4.78 is 20.5. The van der Waals surface area contributed by atoms with Crippen LogP contribution >= 0.6 is 27.3 Å². The first-order valence-corrected chi connectivity index (χ1v) is 14.3. The van der Waals surface area contributed by atoms with E-state index in [9.17, 15) is 14.0 Å². The highest BCUT2D eigenvalue weighted by Crippen LogP contribution is 2.62. The number of carbonyl (C=O) groups is 2. The summed E-state index contributed by atoms with van der Waals surface area (Å²) >= 11 is 4.92. The largest absolute Gasteiger partial charge is 0.474 e. The smallest absolute Gasteiger partial charge is 0.262 e. The van der Waals surface area contributed by atoms with Crippen molar-refractivity contribution in [2.24, 2.45) is 5.92 Å². The van der Waals surface area contributed by atoms with Crippen molar-refractivity contribution in [3.8, 4) is 5.88 Å². The van der Waals surface area contributed by atoms with Crippen LogP contribution in [0.3, 0.4) is 0 Å². The van der Waals surface area contributed by atoms with Gasteiger partial charge in [-0.25, -0.2) is 9.37 Å². The van der Waals surface area contributed by atoms with E-state index in [1.807, 2.05) is 18.2 Å². The van der Waals surface area contributed by atoms with Gasteiger partial charge in [-0.2, -0.15) is 0 Å². The molecule has 0 aromatic carbocycles. The lowest BCUT2D eigenvalue weighted by molar-refractivity contribution is -0.176. The maximum atomic E-state index is 14.0. The lowest BCUT2D eigenvalue weighted by atomic mass is 9.47. The number of ether oxygens (including phenoxy) is 1. The van der Waals surface area contributed by atoms with Gasteiger partial charge in [0.15, 0.2) is 0 Å². The second-order valence-corrected chi connectivity index (χ2v) is 13.0. The third-order valence-corrected chi connectivity index (χ3v) is 9.49. The van der Waals surface area contributed by atoms with Gasteiger partial charge in [0, 0.05) is 40.3 Å². The van der Waals surface area contributed by atoms with E-state index < -0.39 is 11.7 Å². The van der Waals surface area contributed by atoms with Crippen LogP contribution < -0.4 is 20.3 Å². The second kappa shape index (κ2) is 9.28. The number of aromatic nitrogens is 1. The first kappa shape index (κ1) is 24.2. The molecule has 0 spiro atoms. The molecule has 7 nitrogen and oxygen atoms in total. The lowest BCUT2D eigenvalue weighted by Crippen LogP contribution is -2.77. The molecular formula is C26H30BrFN4O3S. The minimum Gasteiger partial charge on any atom is -0.474 e. The Balaban J connectivity index is 1.12. The summed E-state index contributed by atoms with van der Waals surface area (Å²) in [5, 5.41) is 6.08. The van der Waals surface area contributed by atoms with Crippen molar-refractivity contribution in [2.75, 3.05) is 18.1 Å². The van der Waals surface area contributed by atoms with E-state index in [0.717, 1.165) is 34.4 Å². The van der Waals surface area contributed by atoms with Crippen LogP contribution in [0.1, 0.15) is 65.9 Å². The molecule has 1 unspecified atom stereocenters. The van der Waals surface area contributed by atoms with Gasteiger partial charge < -0.3 is 20.3 Å². The minimum absolute atomic E-state index is 0.170. The molecule has 0 saturated heterocycles. The molecule has 4 fully saturated rings. The van der Waals surface area contributed by atoms with Gasteiger partial charge in [-0.1, -0.05) is 25.7 Å². The van der Waals surface area contributed by atoms with Crippen molar-refractivity contribution in [2.45, 2.75) is 75.2 Å². The van der Waals surface area contributed by atoms with Crippen LogP contribution in [-0.2, 0) is 11.3 Å². The maximum Gasteiger partial charge on any atom is 0.262 e. The molecule has 1 aliphatic heterocycles. The Kier molecular flexibility index (Phi) is 6.22. The van der Waals surface area contributed by atoms with E-state index in [1.165, 1.54) is 24.2 Å². The third kappa shape index (κ3) is 4.74. The number of pyridine rings is 1.